The van der Waals surface area contributed by atoms with E-state index in [4.69, 9.17) is 27.1 Å². The Labute approximate surface area is 121 Å². The average Bonchev–Trinajstić information content (AvgIpc) is 2.38. The van der Waals surface area contributed by atoms with Gasteiger partial charge in [0.25, 0.3) is 0 Å². The number of nitrogens with one attached hydrogen (secondary N) is 1. The number of anilines is 1. The molecule has 0 amide bonds. The fraction of sp³-hybridized carbons (Fsp3) is 0.385. The molecule has 1 aromatic rings. The summed E-state index contributed by atoms with van der Waals surface area (Å²) in [6.07, 6.45) is -0.952. The number of aliphatic hydroxyl groups is 2. The number of carboxylic acid groups (broad SMARTS) is 1. The van der Waals surface area contributed by atoms with Crippen LogP contribution in [0.4, 0.5) is 5.69 Å². The molecule has 4 N–H and O–H groups in total. The lowest BCUT2D eigenvalue weighted by Gasteiger charge is -2.21. The highest BCUT2D eigenvalue weighted by molar-refractivity contribution is 6.33. The van der Waals surface area contributed by atoms with E-state index in [1.165, 1.54) is 19.1 Å². The van der Waals surface area contributed by atoms with Crippen molar-refractivity contribution in [3.63, 3.8) is 0 Å². The van der Waals surface area contributed by atoms with Crippen molar-refractivity contribution in [1.82, 2.24) is 0 Å². The van der Waals surface area contributed by atoms with Crippen LogP contribution in [0.5, 0.6) is 0 Å². The van der Waals surface area contributed by atoms with Crippen molar-refractivity contribution < 1.29 is 20.1 Å². The minimum absolute atomic E-state index is 0.168. The largest absolute Gasteiger partial charge is 0.480 e. The van der Waals surface area contributed by atoms with E-state index in [9.17, 15) is 9.90 Å². The number of halogens is 1. The van der Waals surface area contributed by atoms with Gasteiger partial charge in [-0.05, 0) is 31.0 Å². The number of carboxylic acids is 1. The van der Waals surface area contributed by atoms with Gasteiger partial charge < -0.3 is 20.6 Å². The van der Waals surface area contributed by atoms with Gasteiger partial charge >= 0.3 is 5.97 Å². The van der Waals surface area contributed by atoms with Crippen molar-refractivity contribution in [3.8, 4) is 6.07 Å². The van der Waals surface area contributed by atoms with E-state index in [0.717, 1.165) is 0 Å². The quantitative estimate of drug-likeness (QED) is 0.623. The molecular weight excluding hydrogens is 284 g/mol. The molecule has 0 aromatic heterocycles. The van der Waals surface area contributed by atoms with E-state index < -0.39 is 18.1 Å². The average molecular weight is 299 g/mol. The van der Waals surface area contributed by atoms with Gasteiger partial charge in [0, 0.05) is 12.3 Å². The highest BCUT2D eigenvalue weighted by Gasteiger charge is 2.24. The molecule has 0 unspecified atom stereocenters. The van der Waals surface area contributed by atoms with Gasteiger partial charge in [-0.3, -0.25) is 0 Å². The van der Waals surface area contributed by atoms with E-state index >= 15 is 0 Å². The van der Waals surface area contributed by atoms with Gasteiger partial charge in [-0.15, -0.1) is 0 Å². The summed E-state index contributed by atoms with van der Waals surface area (Å²) < 4.78 is 0. The van der Waals surface area contributed by atoms with E-state index in [1.807, 2.05) is 6.07 Å². The number of carbonyl (C=O) groups is 1. The van der Waals surface area contributed by atoms with Gasteiger partial charge in [-0.25, -0.2) is 4.79 Å². The first-order chi connectivity index (χ1) is 9.42. The summed E-state index contributed by atoms with van der Waals surface area (Å²) in [5.74, 6) is -1.21. The minimum atomic E-state index is -1.21. The van der Waals surface area contributed by atoms with E-state index in [2.05, 4.69) is 5.32 Å². The molecule has 0 fully saturated rings. The summed E-state index contributed by atoms with van der Waals surface area (Å²) in [5.41, 5.74) is 1.06. The summed E-state index contributed by atoms with van der Waals surface area (Å²) >= 11 is 6.05. The van der Waals surface area contributed by atoms with Crippen LogP contribution in [0.15, 0.2) is 12.1 Å². The second kappa shape index (κ2) is 7.10. The van der Waals surface area contributed by atoms with Crippen LogP contribution in [0.1, 0.15) is 18.1 Å². The molecule has 20 heavy (non-hydrogen) atoms. The molecule has 0 spiro atoms. The van der Waals surface area contributed by atoms with Crippen molar-refractivity contribution in [2.45, 2.75) is 25.5 Å². The molecule has 0 aliphatic heterocycles. The fourth-order valence-corrected chi connectivity index (χ4v) is 2.06. The molecule has 0 aliphatic carbocycles. The van der Waals surface area contributed by atoms with Crippen LogP contribution in [0, 0.1) is 11.3 Å². The van der Waals surface area contributed by atoms with Crippen LogP contribution in [-0.2, 0) is 11.2 Å². The molecule has 1 aromatic carbocycles. The van der Waals surface area contributed by atoms with Crippen molar-refractivity contribution in [2.24, 2.45) is 0 Å². The molecule has 0 saturated carbocycles. The number of nitrogens with zero attached hydrogens (tertiary/aromatic N) is 1. The van der Waals surface area contributed by atoms with Crippen LogP contribution < -0.4 is 5.32 Å². The van der Waals surface area contributed by atoms with E-state index in [0.29, 0.717) is 11.3 Å². The van der Waals surface area contributed by atoms with Gasteiger partial charge in [0.05, 0.1) is 16.7 Å². The lowest BCUT2D eigenvalue weighted by atomic mass is 10.0. The summed E-state index contributed by atoms with van der Waals surface area (Å²) in [6.45, 7) is 1.15. The number of benzene rings is 1. The third-order valence-electron chi connectivity index (χ3n) is 2.78. The Morgan fingerprint density at radius 2 is 2.20 bits per heavy atom. The molecule has 0 saturated heterocycles. The van der Waals surface area contributed by atoms with Crippen molar-refractivity contribution >= 4 is 23.3 Å². The highest BCUT2D eigenvalue weighted by atomic mass is 35.5. The van der Waals surface area contributed by atoms with Crippen LogP contribution in [0.2, 0.25) is 5.02 Å². The summed E-state index contributed by atoms with van der Waals surface area (Å²) in [5, 5.41) is 39.3. The number of aliphatic carboxylic acids is 1. The second-order valence-corrected chi connectivity index (χ2v) is 4.62. The third-order valence-corrected chi connectivity index (χ3v) is 3.22. The normalized spacial score (nSPS) is 13.3. The highest BCUT2D eigenvalue weighted by Crippen LogP contribution is 2.29. The van der Waals surface area contributed by atoms with Gasteiger partial charge in [0.15, 0.2) is 6.04 Å². The molecule has 6 nitrogen and oxygen atoms in total. The maximum Gasteiger partial charge on any atom is 0.328 e. The Hall–Kier alpha value is -1.81. The predicted octanol–water partition coefficient (Wildman–Crippen LogP) is 0.992. The molecule has 0 bridgehead atoms. The Bertz CT molecular complexity index is 540. The maximum atomic E-state index is 11.1. The smallest absolute Gasteiger partial charge is 0.328 e. The van der Waals surface area contributed by atoms with Gasteiger partial charge in [0.2, 0.25) is 0 Å². The molecule has 7 heteroatoms. The SMILES string of the molecule is C[C@H](O)[C@@H](Nc1ccc(C#N)c(Cl)c1CCO)C(=O)O. The van der Waals surface area contributed by atoms with E-state index in [1.54, 1.807) is 0 Å². The zero-order valence-electron chi connectivity index (χ0n) is 10.8. The predicted molar refractivity (Wildman–Crippen MR) is 73.7 cm³/mol. The first-order valence-corrected chi connectivity index (χ1v) is 6.29. The zero-order valence-corrected chi connectivity index (χ0v) is 11.6. The number of nitriles is 1. The van der Waals surface area contributed by atoms with Crippen molar-refractivity contribution in [2.75, 3.05) is 11.9 Å². The van der Waals surface area contributed by atoms with Gasteiger partial charge in [0.1, 0.15) is 6.07 Å². The molecule has 1 rings (SSSR count). The van der Waals surface area contributed by atoms with Crippen molar-refractivity contribution in [3.05, 3.63) is 28.3 Å². The standard InChI is InChI=1S/C13H15ClN2O4/c1-7(18)12(13(19)20)16-10-3-2-8(6-15)11(14)9(10)4-5-17/h2-3,7,12,16-18H,4-5H2,1H3,(H,19,20)/t7-,12+/m0/s1. The summed E-state index contributed by atoms with van der Waals surface area (Å²) in [4.78, 5) is 11.1. The monoisotopic (exact) mass is 298 g/mol. The fourth-order valence-electron chi connectivity index (χ4n) is 1.76. The Morgan fingerprint density at radius 1 is 1.55 bits per heavy atom. The van der Waals surface area contributed by atoms with Crippen LogP contribution in [0.3, 0.4) is 0 Å². The van der Waals surface area contributed by atoms with Crippen molar-refractivity contribution in [1.29, 1.82) is 5.26 Å². The number of aliphatic hydroxyl groups excluding tert-OH is 2. The Morgan fingerprint density at radius 3 is 2.65 bits per heavy atom. The molecule has 2 atom stereocenters. The first kappa shape index (κ1) is 16.2. The van der Waals surface area contributed by atoms with Gasteiger partial charge in [-0.2, -0.15) is 5.26 Å². The summed E-state index contributed by atoms with van der Waals surface area (Å²) in [6, 6.07) is 3.66. The second-order valence-electron chi connectivity index (χ2n) is 4.24. The first-order valence-electron chi connectivity index (χ1n) is 5.92. The topological polar surface area (TPSA) is 114 Å². The minimum Gasteiger partial charge on any atom is -0.480 e. The molecule has 0 aliphatic rings. The van der Waals surface area contributed by atoms with Crippen LogP contribution >= 0.6 is 11.6 Å². The van der Waals surface area contributed by atoms with Gasteiger partial charge in [-0.1, -0.05) is 11.6 Å². The zero-order chi connectivity index (χ0) is 15.3. The summed E-state index contributed by atoms with van der Waals surface area (Å²) in [7, 11) is 0. The Kier molecular flexibility index (Phi) is 5.77. The molecule has 0 heterocycles. The molecular formula is C13H15ClN2O4. The molecule has 0 radical (unpaired) electrons. The Balaban J connectivity index is 3.21. The van der Waals surface area contributed by atoms with E-state index in [-0.39, 0.29) is 23.6 Å². The number of hydrogen-bond acceptors (Lipinski definition) is 5. The lowest BCUT2D eigenvalue weighted by molar-refractivity contribution is -0.140. The number of hydrogen-bond donors (Lipinski definition) is 4. The van der Waals surface area contributed by atoms with Crippen LogP contribution in [0.25, 0.3) is 0 Å². The molecule has 108 valence electrons. The maximum absolute atomic E-state index is 11.1. The van der Waals surface area contributed by atoms with Crippen LogP contribution in [-0.4, -0.2) is 40.0 Å². The lowest BCUT2D eigenvalue weighted by Crippen LogP contribution is -2.39. The third kappa shape index (κ3) is 3.61. The number of rotatable bonds is 6.